The molecule has 0 saturated carbocycles. The topological polar surface area (TPSA) is 104 Å². The molecule has 190 valence electrons. The predicted octanol–water partition coefficient (Wildman–Crippen LogP) is 5.71. The van der Waals surface area contributed by atoms with Gasteiger partial charge >= 0.3 is 6.09 Å². The van der Waals surface area contributed by atoms with Crippen LogP contribution in [0.4, 0.5) is 25.0 Å². The van der Waals surface area contributed by atoms with Crippen LogP contribution in [0.2, 0.25) is 5.02 Å². The number of nitrogens with one attached hydrogen (secondary N) is 2. The van der Waals surface area contributed by atoms with Crippen LogP contribution in [0.3, 0.4) is 0 Å². The van der Waals surface area contributed by atoms with E-state index >= 15 is 4.39 Å². The van der Waals surface area contributed by atoms with Gasteiger partial charge in [0.25, 0.3) is 0 Å². The maximum Gasteiger partial charge on any atom is 0.420 e. The highest BCUT2D eigenvalue weighted by Crippen LogP contribution is 2.35. The van der Waals surface area contributed by atoms with Crippen molar-refractivity contribution in [3.8, 4) is 0 Å². The van der Waals surface area contributed by atoms with Crippen LogP contribution < -0.4 is 10.2 Å². The molecule has 1 aromatic heterocycles. The lowest BCUT2D eigenvalue weighted by molar-refractivity contribution is 0.0591. The zero-order valence-corrected chi connectivity index (χ0v) is 21.7. The maximum atomic E-state index is 15.4. The summed E-state index contributed by atoms with van der Waals surface area (Å²) >= 11 is 6.41. The molecule has 1 amide bonds. The molecule has 4 rings (SSSR count). The van der Waals surface area contributed by atoms with Gasteiger partial charge < -0.3 is 15.0 Å². The van der Waals surface area contributed by atoms with E-state index in [1.807, 2.05) is 0 Å². The Morgan fingerprint density at radius 1 is 1.22 bits per heavy atom. The number of carbonyl (C=O) groups excluding carboxylic acids is 1. The number of aromatic amines is 1. The number of H-pyrrole nitrogens is 1. The van der Waals surface area contributed by atoms with Crippen molar-refractivity contribution in [3.05, 3.63) is 70.0 Å². The molecular formula is C23H21ClF2N4O4S2. The summed E-state index contributed by atoms with van der Waals surface area (Å²) in [6, 6.07) is 7.04. The Hall–Kier alpha value is -3.22. The van der Waals surface area contributed by atoms with Gasteiger partial charge in [0, 0.05) is 39.2 Å². The van der Waals surface area contributed by atoms with E-state index in [-0.39, 0.29) is 28.8 Å². The molecule has 0 fully saturated rings. The third-order valence-electron chi connectivity index (χ3n) is 4.98. The molecule has 8 nitrogen and oxygen atoms in total. The van der Waals surface area contributed by atoms with Crippen LogP contribution in [0.15, 0.2) is 52.8 Å². The van der Waals surface area contributed by atoms with Crippen molar-refractivity contribution >= 4 is 64.2 Å². The largest absolute Gasteiger partial charge is 0.443 e. The van der Waals surface area contributed by atoms with Gasteiger partial charge in [0.1, 0.15) is 17.2 Å². The van der Waals surface area contributed by atoms with Gasteiger partial charge in [0.15, 0.2) is 5.82 Å². The Balaban J connectivity index is 1.69. The van der Waals surface area contributed by atoms with Crippen LogP contribution >= 0.6 is 11.6 Å². The summed E-state index contributed by atoms with van der Waals surface area (Å²) in [5.41, 5.74) is 1.03. The van der Waals surface area contributed by atoms with Gasteiger partial charge in [-0.3, -0.25) is 0 Å². The van der Waals surface area contributed by atoms with Gasteiger partial charge in [-0.1, -0.05) is 11.6 Å². The fraction of sp³-hybridized carbons (Fsp3) is 0.217. The normalized spacial score (nSPS) is 15.2. The summed E-state index contributed by atoms with van der Waals surface area (Å²) in [7, 11) is -3.89. The Bertz CT molecular complexity index is 1570. The van der Waals surface area contributed by atoms with E-state index in [0.29, 0.717) is 11.1 Å². The van der Waals surface area contributed by atoms with Crippen molar-refractivity contribution in [3.63, 3.8) is 0 Å². The zero-order chi connectivity index (χ0) is 26.2. The first-order valence-electron chi connectivity index (χ1n) is 10.5. The first-order chi connectivity index (χ1) is 16.9. The van der Waals surface area contributed by atoms with Crippen molar-refractivity contribution in [1.82, 2.24) is 4.98 Å². The second kappa shape index (κ2) is 10.0. The SMILES string of the molecule is CC(C)(C)OC(=O)N(C1=CS(=S(=O)=O)C=N1)c1cc(Cl)c(NCc2c(F)ccc3cc[nH]c23)cc1F. The maximum absolute atomic E-state index is 15.4. The molecule has 0 spiro atoms. The standard InChI is InChI=1S/C23H21ClF2N4O4S2/c1-23(2,3)34-22(31)30(20-11-35(12-29-20)36(32)33)19-8-15(24)18(9-17(19)26)28-10-14-16(25)5-4-13-6-7-27-21(13)14/h4-9,11-12,27-28H,10H2,1-3H3. The zero-order valence-electron chi connectivity index (χ0n) is 19.3. The number of rotatable bonds is 5. The highest BCUT2D eigenvalue weighted by Gasteiger charge is 2.30. The van der Waals surface area contributed by atoms with Crippen molar-refractivity contribution in [1.29, 1.82) is 0 Å². The molecule has 2 N–H and O–H groups in total. The predicted molar refractivity (Wildman–Crippen MR) is 139 cm³/mol. The number of halogens is 3. The quantitative estimate of drug-likeness (QED) is 0.420. The van der Waals surface area contributed by atoms with E-state index in [2.05, 4.69) is 15.3 Å². The number of ether oxygens (including phenoxy) is 1. The third-order valence-corrected chi connectivity index (χ3v) is 7.86. The van der Waals surface area contributed by atoms with E-state index in [0.717, 1.165) is 21.9 Å². The Morgan fingerprint density at radius 2 is 1.97 bits per heavy atom. The van der Waals surface area contributed by atoms with Gasteiger partial charge in [-0.2, -0.15) is 8.42 Å². The smallest absolute Gasteiger partial charge is 0.420 e. The number of aromatic nitrogens is 1. The molecule has 2 heterocycles. The second-order valence-electron chi connectivity index (χ2n) is 8.66. The van der Waals surface area contributed by atoms with Crippen LogP contribution in [0.1, 0.15) is 26.3 Å². The molecule has 1 atom stereocenters. The molecule has 1 unspecified atom stereocenters. The van der Waals surface area contributed by atoms with E-state index < -0.39 is 42.0 Å². The summed E-state index contributed by atoms with van der Waals surface area (Å²) in [5.74, 6) is -1.43. The highest BCUT2D eigenvalue weighted by molar-refractivity contribution is 8.42. The highest BCUT2D eigenvalue weighted by atomic mass is 35.5. The van der Waals surface area contributed by atoms with Crippen molar-refractivity contribution in [2.75, 3.05) is 10.2 Å². The molecule has 0 aliphatic carbocycles. The van der Waals surface area contributed by atoms with Crippen LogP contribution in [0, 0.1) is 11.6 Å². The fourth-order valence-electron chi connectivity index (χ4n) is 3.44. The van der Waals surface area contributed by atoms with E-state index in [9.17, 15) is 17.6 Å². The third kappa shape index (κ3) is 5.45. The number of amides is 1. The van der Waals surface area contributed by atoms with Crippen molar-refractivity contribution < 1.29 is 26.7 Å². The molecule has 0 bridgehead atoms. The van der Waals surface area contributed by atoms with Crippen LogP contribution in [-0.4, -0.2) is 30.6 Å². The Morgan fingerprint density at radius 3 is 2.64 bits per heavy atom. The molecule has 0 saturated heterocycles. The Kier molecular flexibility index (Phi) is 7.21. The number of anilines is 2. The molecule has 0 radical (unpaired) electrons. The van der Waals surface area contributed by atoms with Crippen molar-refractivity contribution in [2.45, 2.75) is 32.9 Å². The lowest BCUT2D eigenvalue weighted by atomic mass is 10.1. The number of fused-ring (bicyclic) bond motifs is 1. The number of carbonyl (C=O) groups is 1. The number of nitrogens with zero attached hydrogens (tertiary/aromatic N) is 2. The summed E-state index contributed by atoms with van der Waals surface area (Å²) in [6.45, 7) is 4.90. The van der Waals surface area contributed by atoms with Crippen LogP contribution in [0.5, 0.6) is 0 Å². The van der Waals surface area contributed by atoms with Gasteiger partial charge in [-0.15, -0.1) is 0 Å². The molecule has 1 aliphatic rings. The van der Waals surface area contributed by atoms with Gasteiger partial charge in [0.2, 0.25) is 9.26 Å². The van der Waals surface area contributed by atoms with E-state index in [1.165, 1.54) is 17.5 Å². The molecule has 2 aromatic carbocycles. The molecule has 1 aliphatic heterocycles. The minimum atomic E-state index is -2.50. The summed E-state index contributed by atoms with van der Waals surface area (Å²) in [4.78, 5) is 20.8. The number of hydrogen-bond acceptors (Lipinski definition) is 6. The van der Waals surface area contributed by atoms with Gasteiger partial charge in [-0.05, 0) is 50.4 Å². The van der Waals surface area contributed by atoms with Crippen LogP contribution in [0.25, 0.3) is 10.9 Å². The summed E-state index contributed by atoms with van der Waals surface area (Å²) < 4.78 is 57.9. The lowest BCUT2D eigenvalue weighted by Crippen LogP contribution is -2.36. The first-order valence-corrected chi connectivity index (χ1v) is 13.8. The van der Waals surface area contributed by atoms with Gasteiger partial charge in [-0.25, -0.2) is 23.5 Å². The molecule has 3 aromatic rings. The van der Waals surface area contributed by atoms with Gasteiger partial charge in [0.05, 0.1) is 27.5 Å². The van der Waals surface area contributed by atoms with Crippen LogP contribution in [-0.2, 0) is 30.0 Å². The first kappa shape index (κ1) is 25.9. The molecule has 36 heavy (non-hydrogen) atoms. The fourth-order valence-corrected chi connectivity index (χ4v) is 5.30. The number of hydrogen-bond donors (Lipinski definition) is 2. The number of benzene rings is 2. The summed E-state index contributed by atoms with van der Waals surface area (Å²) in [5, 5.41) is 4.99. The lowest BCUT2D eigenvalue weighted by Gasteiger charge is -2.27. The second-order valence-corrected chi connectivity index (χ2v) is 12.6. The monoisotopic (exact) mass is 554 g/mol. The molecule has 13 heteroatoms. The number of aliphatic imine (C=N–C) groups is 1. The van der Waals surface area contributed by atoms with E-state index in [4.69, 9.17) is 16.3 Å². The van der Waals surface area contributed by atoms with Crippen molar-refractivity contribution in [2.24, 2.45) is 4.99 Å². The molecular weight excluding hydrogens is 534 g/mol. The average molecular weight is 555 g/mol. The minimum absolute atomic E-state index is 0.00549. The minimum Gasteiger partial charge on any atom is -0.443 e. The average Bonchev–Trinajstić information content (AvgIpc) is 3.45. The van der Waals surface area contributed by atoms with E-state index in [1.54, 1.807) is 39.1 Å². The summed E-state index contributed by atoms with van der Waals surface area (Å²) in [6.07, 6.45) is 0.720. The Labute approximate surface area is 213 Å².